The zero-order valence-corrected chi connectivity index (χ0v) is 19.9. The molecule has 0 radical (unpaired) electrons. The van der Waals surface area contributed by atoms with Gasteiger partial charge in [0.25, 0.3) is 0 Å². The van der Waals surface area contributed by atoms with Crippen molar-refractivity contribution in [1.29, 1.82) is 0 Å². The molecule has 0 unspecified atom stereocenters. The average molecular weight is 407 g/mol. The zero-order chi connectivity index (χ0) is 21.6. The third kappa shape index (κ3) is 4.22. The van der Waals surface area contributed by atoms with Crippen LogP contribution in [0.1, 0.15) is 110 Å². The Morgan fingerprint density at radius 2 is 1.36 bits per heavy atom. The molecule has 0 aromatic heterocycles. The molecule has 0 spiro atoms. The molecule has 3 nitrogen and oxygen atoms in total. The molecule has 0 saturated heterocycles. The number of ketones is 1. The van der Waals surface area contributed by atoms with Gasteiger partial charge >= 0.3 is 0 Å². The maximum atomic E-state index is 14.0. The summed E-state index contributed by atoms with van der Waals surface area (Å²) in [5.74, 6) is 0.213. The van der Waals surface area contributed by atoms with Crippen LogP contribution < -0.4 is 0 Å². The Hall–Kier alpha value is -1.16. The van der Waals surface area contributed by atoms with Crippen LogP contribution in [0.3, 0.4) is 0 Å². The first-order chi connectivity index (χ1) is 12.7. The highest BCUT2D eigenvalue weighted by atomic mass is 32.2. The Kier molecular flexibility index (Phi) is 6.55. The molecule has 1 aliphatic carbocycles. The predicted molar refractivity (Wildman–Crippen MR) is 117 cm³/mol. The molecule has 1 aliphatic rings. The second-order valence-electron chi connectivity index (χ2n) is 10.4. The van der Waals surface area contributed by atoms with Crippen molar-refractivity contribution in [3.05, 3.63) is 28.8 Å². The molecule has 4 heteroatoms. The molecular formula is C24H38O3S. The molecule has 1 aromatic carbocycles. The normalized spacial score (nSPS) is 21.4. The molecule has 0 aliphatic heterocycles. The van der Waals surface area contributed by atoms with Gasteiger partial charge in [0.05, 0.1) is 4.90 Å². The van der Waals surface area contributed by atoms with Gasteiger partial charge in [-0.3, -0.25) is 4.79 Å². The number of rotatable bonds is 5. The Balaban J connectivity index is 2.82. The topological polar surface area (TPSA) is 51.2 Å². The molecule has 158 valence electrons. The van der Waals surface area contributed by atoms with E-state index in [0.29, 0.717) is 23.7 Å². The lowest BCUT2D eigenvalue weighted by Crippen LogP contribution is -2.38. The Morgan fingerprint density at radius 3 is 1.71 bits per heavy atom. The van der Waals surface area contributed by atoms with Crippen LogP contribution in [0.2, 0.25) is 0 Å². The fourth-order valence-electron chi connectivity index (χ4n) is 4.44. The molecule has 1 aromatic rings. The summed E-state index contributed by atoms with van der Waals surface area (Å²) in [6.45, 7) is 18.6. The van der Waals surface area contributed by atoms with E-state index in [-0.39, 0.29) is 29.0 Å². The Bertz CT molecular complexity index is 810. The van der Waals surface area contributed by atoms with Crippen LogP contribution in [0.5, 0.6) is 0 Å². The lowest BCUT2D eigenvalue weighted by Gasteiger charge is -2.32. The third-order valence-corrected chi connectivity index (χ3v) is 8.50. The summed E-state index contributed by atoms with van der Waals surface area (Å²) in [7, 11) is -3.76. The van der Waals surface area contributed by atoms with Crippen LogP contribution in [0, 0.1) is 11.3 Å². The summed E-state index contributed by atoms with van der Waals surface area (Å²) in [5.41, 5.74) is 2.67. The van der Waals surface area contributed by atoms with Crippen LogP contribution in [0.4, 0.5) is 0 Å². The van der Waals surface area contributed by atoms with Crippen LogP contribution in [0.15, 0.2) is 17.0 Å². The molecule has 0 N–H and O–H groups in total. The van der Waals surface area contributed by atoms with Crippen molar-refractivity contribution >= 4 is 15.6 Å². The molecule has 2 rings (SSSR count). The van der Waals surface area contributed by atoms with Crippen molar-refractivity contribution in [3.63, 3.8) is 0 Å². The van der Waals surface area contributed by atoms with Crippen molar-refractivity contribution in [2.75, 3.05) is 0 Å². The molecule has 1 fully saturated rings. The number of sulfone groups is 1. The van der Waals surface area contributed by atoms with E-state index in [0.717, 1.165) is 16.7 Å². The molecular weight excluding hydrogens is 368 g/mol. The monoisotopic (exact) mass is 406 g/mol. The highest BCUT2D eigenvalue weighted by Crippen LogP contribution is 2.45. The smallest absolute Gasteiger partial charge is 0.189 e. The lowest BCUT2D eigenvalue weighted by molar-refractivity contribution is -0.117. The summed E-state index contributed by atoms with van der Waals surface area (Å²) in [6.07, 6.45) is 1.02. The molecule has 28 heavy (non-hydrogen) atoms. The second-order valence-corrected chi connectivity index (χ2v) is 12.4. The number of hydrogen-bond donors (Lipinski definition) is 0. The fourth-order valence-corrected chi connectivity index (χ4v) is 7.38. The third-order valence-electron chi connectivity index (χ3n) is 6.20. The minimum atomic E-state index is -3.76. The van der Waals surface area contributed by atoms with Crippen molar-refractivity contribution in [3.8, 4) is 0 Å². The van der Waals surface area contributed by atoms with Crippen LogP contribution in [-0.2, 0) is 14.6 Å². The maximum absolute atomic E-state index is 14.0. The van der Waals surface area contributed by atoms with Gasteiger partial charge in [-0.25, -0.2) is 8.42 Å². The van der Waals surface area contributed by atoms with Gasteiger partial charge in [-0.2, -0.15) is 0 Å². The Labute approximate surface area is 172 Å². The average Bonchev–Trinajstić information content (AvgIpc) is 2.96. The number of Topliss-reactive ketones (excluding diaryl/α,β-unsaturated/α-hetero) is 1. The highest BCUT2D eigenvalue weighted by molar-refractivity contribution is 7.93. The number of carbonyl (C=O) groups is 1. The van der Waals surface area contributed by atoms with Crippen molar-refractivity contribution < 1.29 is 13.2 Å². The summed E-state index contributed by atoms with van der Waals surface area (Å²) in [4.78, 5) is 13.2. The number of carbonyl (C=O) groups excluding carboxylic acids is 1. The van der Waals surface area contributed by atoms with Gasteiger partial charge in [0.15, 0.2) is 15.6 Å². The van der Waals surface area contributed by atoms with Gasteiger partial charge in [-0.05, 0) is 52.2 Å². The molecule has 0 heterocycles. The van der Waals surface area contributed by atoms with E-state index in [4.69, 9.17) is 0 Å². The van der Waals surface area contributed by atoms with Crippen LogP contribution >= 0.6 is 0 Å². The summed E-state index contributed by atoms with van der Waals surface area (Å²) < 4.78 is 28.0. The maximum Gasteiger partial charge on any atom is 0.189 e. The minimum Gasteiger partial charge on any atom is -0.298 e. The Morgan fingerprint density at radius 1 is 0.893 bits per heavy atom. The first kappa shape index (κ1) is 23.1. The van der Waals surface area contributed by atoms with E-state index in [1.165, 1.54) is 0 Å². The molecule has 2 atom stereocenters. The van der Waals surface area contributed by atoms with Gasteiger partial charge in [0, 0.05) is 6.42 Å². The zero-order valence-electron chi connectivity index (χ0n) is 19.1. The van der Waals surface area contributed by atoms with Crippen molar-refractivity contribution in [1.82, 2.24) is 0 Å². The van der Waals surface area contributed by atoms with E-state index in [1.54, 1.807) is 0 Å². The molecule has 0 amide bonds. The molecule has 1 saturated carbocycles. The summed E-state index contributed by atoms with van der Waals surface area (Å²) >= 11 is 0. The largest absolute Gasteiger partial charge is 0.298 e. The van der Waals surface area contributed by atoms with Gasteiger partial charge in [-0.15, -0.1) is 0 Å². The van der Waals surface area contributed by atoms with E-state index in [2.05, 4.69) is 26.0 Å². The van der Waals surface area contributed by atoms with Crippen LogP contribution in [-0.4, -0.2) is 19.5 Å². The predicted octanol–water partition coefficient (Wildman–Crippen LogP) is 6.22. The standard InChI is InChI=1S/C24H38O3S/c1-14(2)17-12-18(15(3)4)22(19(13-17)16(5)6)28(26,27)23-20(24(7,8)9)10-11-21(23)25/h12-16,20,23H,10-11H2,1-9H3/t20-,23+/m0/s1. The lowest BCUT2D eigenvalue weighted by atomic mass is 9.79. The summed E-state index contributed by atoms with van der Waals surface area (Å²) in [6, 6.07) is 4.11. The van der Waals surface area contributed by atoms with Crippen molar-refractivity contribution in [2.24, 2.45) is 11.3 Å². The van der Waals surface area contributed by atoms with Gasteiger partial charge in [-0.1, -0.05) is 74.4 Å². The molecule has 0 bridgehead atoms. The minimum absolute atomic E-state index is 0.0746. The quantitative estimate of drug-likeness (QED) is 0.583. The van der Waals surface area contributed by atoms with E-state index in [1.807, 2.05) is 48.5 Å². The highest BCUT2D eigenvalue weighted by Gasteiger charge is 2.50. The fraction of sp³-hybridized carbons (Fsp3) is 0.708. The van der Waals surface area contributed by atoms with Gasteiger partial charge in [0.1, 0.15) is 5.25 Å². The van der Waals surface area contributed by atoms with E-state index >= 15 is 0 Å². The van der Waals surface area contributed by atoms with E-state index < -0.39 is 15.1 Å². The first-order valence-corrected chi connectivity index (χ1v) is 12.2. The first-order valence-electron chi connectivity index (χ1n) is 10.6. The van der Waals surface area contributed by atoms with Gasteiger partial charge in [0.2, 0.25) is 0 Å². The van der Waals surface area contributed by atoms with Gasteiger partial charge < -0.3 is 0 Å². The number of hydrogen-bond acceptors (Lipinski definition) is 3. The second kappa shape index (κ2) is 7.93. The SMILES string of the molecule is CC(C)c1cc(C(C)C)c(S(=O)(=O)[C@H]2C(=O)CC[C@@H]2C(C)(C)C)c(C(C)C)c1. The summed E-state index contributed by atoms with van der Waals surface area (Å²) in [5, 5.41) is -0.924. The van der Waals surface area contributed by atoms with Crippen molar-refractivity contribution in [2.45, 2.75) is 103 Å². The van der Waals surface area contributed by atoms with Crippen LogP contribution in [0.25, 0.3) is 0 Å². The number of benzene rings is 1. The van der Waals surface area contributed by atoms with E-state index in [9.17, 15) is 13.2 Å².